The Kier molecular flexibility index (Phi) is 18.8. The lowest BCUT2D eigenvalue weighted by Gasteiger charge is -2.27. The van der Waals surface area contributed by atoms with Crippen LogP contribution in [0.15, 0.2) is 0 Å². The van der Waals surface area contributed by atoms with E-state index in [9.17, 15) is 14.4 Å². The van der Waals surface area contributed by atoms with E-state index in [0.717, 1.165) is 13.8 Å². The summed E-state index contributed by atoms with van der Waals surface area (Å²) in [4.78, 5) is 31.4. The Hall–Kier alpha value is -0.620. The monoisotopic (exact) mass is 523 g/mol. The van der Waals surface area contributed by atoms with Gasteiger partial charge in [0, 0.05) is 20.3 Å². The van der Waals surface area contributed by atoms with Crippen molar-refractivity contribution in [1.82, 2.24) is 0 Å². The summed E-state index contributed by atoms with van der Waals surface area (Å²) in [5.74, 6) is -2.38. The Morgan fingerprint density at radius 2 is 1.06 bits per heavy atom. The van der Waals surface area contributed by atoms with Gasteiger partial charge in [0.15, 0.2) is 5.90 Å². The molecule has 0 spiro atoms. The van der Waals surface area contributed by atoms with Gasteiger partial charge in [0.2, 0.25) is 0 Å². The van der Waals surface area contributed by atoms with Gasteiger partial charge in [-0.05, 0) is 51.3 Å². The van der Waals surface area contributed by atoms with E-state index >= 15 is 0 Å². The molecule has 0 unspecified atom stereocenters. The van der Waals surface area contributed by atoms with Crippen molar-refractivity contribution >= 4 is 60.9 Å². The van der Waals surface area contributed by atoms with E-state index in [0.29, 0.717) is 26.4 Å². The van der Waals surface area contributed by atoms with E-state index < -0.39 is 31.3 Å². The summed E-state index contributed by atoms with van der Waals surface area (Å²) < 4.78 is 35.5. The Balaban J connectivity index is 0. The molecule has 0 fully saturated rings. The molecule has 0 aliphatic carbocycles. The molecule has 0 saturated carbocycles. The van der Waals surface area contributed by atoms with Gasteiger partial charge >= 0.3 is 31.3 Å². The fourth-order valence-electron chi connectivity index (χ4n) is 1.58. The van der Waals surface area contributed by atoms with Crippen molar-refractivity contribution in [3.63, 3.8) is 0 Å². The molecule has 0 aliphatic heterocycles. The molecule has 182 valence electrons. The quantitative estimate of drug-likeness (QED) is 0.123. The minimum Gasteiger partial charge on any atom is -0.412 e. The second-order valence-electron chi connectivity index (χ2n) is 5.13. The summed E-state index contributed by atoms with van der Waals surface area (Å²) in [6.45, 7) is 5.35. The van der Waals surface area contributed by atoms with E-state index in [-0.39, 0.29) is 18.7 Å². The minimum atomic E-state index is -2.87. The maximum absolute atomic E-state index is 10.8. The standard InChI is InChI=1S/C8H11NO5.C8H20O5P2S2/c1-5(10)13-7(9)3-4-8(12)14-6(2)11;1-5-9-14(16,10-6-2)13-15(17,11-7-3)12-8-4/h9H,3-4H2,1-2H3;5-8H2,1-4H3. The molecule has 0 atom stereocenters. The van der Waals surface area contributed by atoms with Crippen LogP contribution in [0.3, 0.4) is 0 Å². The van der Waals surface area contributed by atoms with Crippen molar-refractivity contribution in [1.29, 1.82) is 5.41 Å². The largest absolute Gasteiger partial charge is 0.412 e. The van der Waals surface area contributed by atoms with Crippen LogP contribution in [0.1, 0.15) is 54.4 Å². The van der Waals surface area contributed by atoms with Crippen LogP contribution < -0.4 is 0 Å². The van der Waals surface area contributed by atoms with Crippen molar-refractivity contribution in [2.75, 3.05) is 26.4 Å². The highest BCUT2D eigenvalue weighted by atomic mass is 32.5. The summed E-state index contributed by atoms with van der Waals surface area (Å²) in [5, 5.41) is 7.06. The molecule has 0 radical (unpaired) electrons. The third-order valence-electron chi connectivity index (χ3n) is 2.43. The van der Waals surface area contributed by atoms with Crippen LogP contribution >= 0.6 is 13.4 Å². The third kappa shape index (κ3) is 18.6. The molecule has 0 rings (SSSR count). The molecule has 1 N–H and O–H groups in total. The number of hydrogen-bond donors (Lipinski definition) is 1. The van der Waals surface area contributed by atoms with Crippen molar-refractivity contribution < 1.29 is 46.3 Å². The highest BCUT2D eigenvalue weighted by Crippen LogP contribution is 2.66. The minimum absolute atomic E-state index is 0.0638. The van der Waals surface area contributed by atoms with Crippen LogP contribution in [-0.2, 0) is 69.9 Å². The lowest BCUT2D eigenvalue weighted by atomic mass is 10.3. The Morgan fingerprint density at radius 1 is 0.710 bits per heavy atom. The van der Waals surface area contributed by atoms with Gasteiger partial charge in [-0.3, -0.25) is 19.8 Å². The summed E-state index contributed by atoms with van der Waals surface area (Å²) in [6, 6.07) is 0. The van der Waals surface area contributed by atoms with Crippen molar-refractivity contribution in [2.45, 2.75) is 54.4 Å². The zero-order valence-electron chi connectivity index (χ0n) is 18.5. The maximum atomic E-state index is 10.8. The number of nitrogens with one attached hydrogen (secondary N) is 1. The predicted molar refractivity (Wildman–Crippen MR) is 122 cm³/mol. The van der Waals surface area contributed by atoms with Crippen LogP contribution in [0.5, 0.6) is 0 Å². The Labute approximate surface area is 193 Å². The molecule has 15 heteroatoms. The van der Waals surface area contributed by atoms with Gasteiger partial charge in [0.25, 0.3) is 0 Å². The van der Waals surface area contributed by atoms with Crippen LogP contribution in [0, 0.1) is 5.41 Å². The average molecular weight is 524 g/mol. The molecule has 0 aromatic rings. The number of carbonyl (C=O) groups is 3. The first-order chi connectivity index (χ1) is 14.4. The van der Waals surface area contributed by atoms with Crippen molar-refractivity contribution in [3.8, 4) is 0 Å². The molecule has 11 nitrogen and oxygen atoms in total. The third-order valence-corrected chi connectivity index (χ3v) is 8.79. The van der Waals surface area contributed by atoms with E-state index in [1.54, 1.807) is 0 Å². The summed E-state index contributed by atoms with van der Waals surface area (Å²) >= 11 is 10.4. The smallest absolute Gasteiger partial charge is 0.334 e. The zero-order chi connectivity index (χ0) is 24.5. The van der Waals surface area contributed by atoms with Gasteiger partial charge in [0.05, 0.1) is 32.8 Å². The number of esters is 3. The number of ether oxygens (including phenoxy) is 2. The zero-order valence-corrected chi connectivity index (χ0v) is 22.0. The van der Waals surface area contributed by atoms with Crippen molar-refractivity contribution in [3.05, 3.63) is 0 Å². The molecular weight excluding hydrogens is 492 g/mol. The number of rotatable bonds is 13. The first-order valence-electron chi connectivity index (χ1n) is 9.33. The van der Waals surface area contributed by atoms with Gasteiger partial charge in [-0.25, -0.2) is 4.31 Å². The normalized spacial score (nSPS) is 11.2. The van der Waals surface area contributed by atoms with Crippen LogP contribution in [-0.4, -0.2) is 50.2 Å². The highest BCUT2D eigenvalue weighted by Gasteiger charge is 2.32. The Morgan fingerprint density at radius 3 is 1.35 bits per heavy atom. The fraction of sp³-hybridized carbons (Fsp3) is 0.750. The SMILES string of the molecule is CC(=O)OC(=N)CCC(=O)OC(C)=O.CCOP(=S)(OCC)OP(=S)(OCC)OCC. The van der Waals surface area contributed by atoms with Crippen LogP contribution in [0.4, 0.5) is 0 Å². The van der Waals surface area contributed by atoms with E-state index in [2.05, 4.69) is 9.47 Å². The molecule has 0 bridgehead atoms. The molecule has 31 heavy (non-hydrogen) atoms. The van der Waals surface area contributed by atoms with Gasteiger partial charge in [0.1, 0.15) is 0 Å². The second kappa shape index (κ2) is 17.9. The molecule has 0 saturated heterocycles. The van der Waals surface area contributed by atoms with Gasteiger partial charge in [-0.1, -0.05) is 0 Å². The topological polar surface area (TPSA) is 140 Å². The van der Waals surface area contributed by atoms with E-state index in [1.807, 2.05) is 27.7 Å². The molecule has 0 amide bonds. The number of carbonyl (C=O) groups excluding carboxylic acids is 3. The molecule has 0 aromatic carbocycles. The van der Waals surface area contributed by atoms with Crippen LogP contribution in [0.25, 0.3) is 0 Å². The maximum Gasteiger partial charge on any atom is 0.334 e. The first kappa shape index (κ1) is 32.6. The van der Waals surface area contributed by atoms with Gasteiger partial charge in [-0.15, -0.1) is 0 Å². The first-order valence-corrected chi connectivity index (χ1v) is 14.4. The van der Waals surface area contributed by atoms with E-state index in [4.69, 9.17) is 51.4 Å². The summed E-state index contributed by atoms with van der Waals surface area (Å²) in [6.07, 6.45) is -0.225. The molecule has 0 aromatic heterocycles. The van der Waals surface area contributed by atoms with Gasteiger partial charge < -0.3 is 27.6 Å². The molecule has 0 heterocycles. The van der Waals surface area contributed by atoms with Gasteiger partial charge in [-0.2, -0.15) is 0 Å². The summed E-state index contributed by atoms with van der Waals surface area (Å²) in [5.41, 5.74) is 0. The van der Waals surface area contributed by atoms with Crippen molar-refractivity contribution in [2.24, 2.45) is 0 Å². The second-order valence-corrected chi connectivity index (χ2v) is 11.3. The summed E-state index contributed by atoms with van der Waals surface area (Å²) in [7, 11) is 0. The highest BCUT2D eigenvalue weighted by molar-refractivity contribution is 8.14. The fourth-order valence-corrected chi connectivity index (χ4v) is 7.95. The average Bonchev–Trinajstić information content (AvgIpc) is 2.59. The predicted octanol–water partition coefficient (Wildman–Crippen LogP) is 3.99. The number of hydrogen-bond acceptors (Lipinski definition) is 13. The van der Waals surface area contributed by atoms with Crippen LogP contribution in [0.2, 0.25) is 0 Å². The Bertz CT molecular complexity index is 613. The lowest BCUT2D eigenvalue weighted by Crippen LogP contribution is -2.13. The lowest BCUT2D eigenvalue weighted by molar-refractivity contribution is -0.158. The molecule has 0 aliphatic rings. The van der Waals surface area contributed by atoms with E-state index in [1.165, 1.54) is 0 Å². The molecular formula is C16H31NO10P2S2.